The summed E-state index contributed by atoms with van der Waals surface area (Å²) in [5.74, 6) is 0.318. The molecule has 1 aromatic heterocycles. The number of hydrogen-bond donors (Lipinski definition) is 0. The number of carbonyl (C=O) groups is 1. The van der Waals surface area contributed by atoms with E-state index < -0.39 is 0 Å². The fraction of sp³-hybridized carbons (Fsp3) is 0.500. The van der Waals surface area contributed by atoms with Crippen molar-refractivity contribution in [3.8, 4) is 0 Å². The van der Waals surface area contributed by atoms with E-state index in [0.717, 1.165) is 51.9 Å². The highest BCUT2D eigenvalue weighted by atomic mass is 16.2. The first-order valence-corrected chi connectivity index (χ1v) is 9.35. The Hall–Kier alpha value is -2.14. The highest BCUT2D eigenvalue weighted by molar-refractivity contribution is 5.82. The predicted molar refractivity (Wildman–Crippen MR) is 97.0 cm³/mol. The van der Waals surface area contributed by atoms with Crippen molar-refractivity contribution in [2.45, 2.75) is 44.3 Å². The Bertz CT molecular complexity index is 685. The van der Waals surface area contributed by atoms with Crippen molar-refractivity contribution in [1.29, 1.82) is 0 Å². The highest BCUT2D eigenvalue weighted by Gasteiger charge is 2.35. The number of nitrogens with zero attached hydrogens (tertiary/aromatic N) is 4. The third kappa shape index (κ3) is 3.61. The first-order valence-electron chi connectivity index (χ1n) is 9.35. The molecule has 2 aliphatic rings. The molecule has 0 radical (unpaired) electrons. The normalized spacial score (nSPS) is 24.6. The van der Waals surface area contributed by atoms with Gasteiger partial charge in [0.25, 0.3) is 0 Å². The molecule has 4 rings (SSSR count). The number of amides is 1. The van der Waals surface area contributed by atoms with Crippen LogP contribution in [0.15, 0.2) is 49.1 Å². The molecular formula is C20H26N4O. The zero-order valence-electron chi connectivity index (χ0n) is 14.6. The van der Waals surface area contributed by atoms with Crippen molar-refractivity contribution in [3.05, 3.63) is 54.6 Å². The lowest BCUT2D eigenvalue weighted by molar-refractivity contribution is -0.137. The van der Waals surface area contributed by atoms with Crippen LogP contribution in [0, 0.1) is 0 Å². The van der Waals surface area contributed by atoms with Gasteiger partial charge in [0, 0.05) is 32.0 Å². The van der Waals surface area contributed by atoms with Gasteiger partial charge in [0.15, 0.2) is 0 Å². The zero-order valence-corrected chi connectivity index (χ0v) is 14.6. The summed E-state index contributed by atoms with van der Waals surface area (Å²) in [6, 6.07) is 10.9. The maximum atomic E-state index is 13.2. The molecule has 0 N–H and O–H groups in total. The summed E-state index contributed by atoms with van der Waals surface area (Å²) < 4.78 is 2.15. The average Bonchev–Trinajstić information content (AvgIpc) is 3.34. The summed E-state index contributed by atoms with van der Waals surface area (Å²) in [4.78, 5) is 21.8. The van der Waals surface area contributed by atoms with Gasteiger partial charge in [0.05, 0.1) is 18.4 Å². The van der Waals surface area contributed by atoms with Gasteiger partial charge in [-0.25, -0.2) is 4.98 Å². The van der Waals surface area contributed by atoms with Crippen molar-refractivity contribution in [2.24, 2.45) is 0 Å². The standard InChI is InChI=1S/C20H26N4O/c25-20(23-12-4-8-18(15-23)24-13-10-21-16-24)19-9-5-11-22(19)14-17-6-2-1-3-7-17/h1-3,6-7,10,13,16,18-19H,4-5,8-9,11-12,14-15H2/t18-,19+/m1/s1. The van der Waals surface area contributed by atoms with Crippen LogP contribution in [0.3, 0.4) is 0 Å². The number of rotatable bonds is 4. The Labute approximate surface area is 149 Å². The first kappa shape index (κ1) is 16.3. The Morgan fingerprint density at radius 3 is 2.76 bits per heavy atom. The second-order valence-electron chi connectivity index (χ2n) is 7.20. The minimum atomic E-state index is 0.0433. The molecule has 5 nitrogen and oxygen atoms in total. The van der Waals surface area contributed by atoms with E-state index in [1.807, 2.05) is 24.8 Å². The van der Waals surface area contributed by atoms with E-state index in [2.05, 4.69) is 43.6 Å². The second kappa shape index (κ2) is 7.40. The average molecular weight is 338 g/mol. The summed E-state index contributed by atoms with van der Waals surface area (Å²) in [6.45, 7) is 3.59. The predicted octanol–water partition coefficient (Wildman–Crippen LogP) is 2.71. The number of piperidine rings is 1. The fourth-order valence-corrected chi connectivity index (χ4v) is 4.21. The number of imidazole rings is 1. The van der Waals surface area contributed by atoms with Gasteiger partial charge in [-0.2, -0.15) is 0 Å². The van der Waals surface area contributed by atoms with Gasteiger partial charge >= 0.3 is 0 Å². The van der Waals surface area contributed by atoms with E-state index in [1.54, 1.807) is 0 Å². The van der Waals surface area contributed by atoms with Crippen LogP contribution in [0.5, 0.6) is 0 Å². The number of aromatic nitrogens is 2. The summed E-state index contributed by atoms with van der Waals surface area (Å²) in [5, 5.41) is 0. The SMILES string of the molecule is O=C([C@@H]1CCCN1Cc1ccccc1)N1CCC[C@@H](n2ccnc2)C1. The van der Waals surface area contributed by atoms with Crippen LogP contribution in [0.25, 0.3) is 0 Å². The zero-order chi connectivity index (χ0) is 17.1. The van der Waals surface area contributed by atoms with Gasteiger partial charge in [-0.05, 0) is 37.8 Å². The van der Waals surface area contributed by atoms with Crippen LogP contribution in [0.4, 0.5) is 0 Å². The smallest absolute Gasteiger partial charge is 0.240 e. The van der Waals surface area contributed by atoms with Crippen LogP contribution in [0.1, 0.15) is 37.3 Å². The molecule has 132 valence electrons. The van der Waals surface area contributed by atoms with Gasteiger partial charge in [-0.1, -0.05) is 30.3 Å². The number of hydrogen-bond acceptors (Lipinski definition) is 3. The Morgan fingerprint density at radius 2 is 1.96 bits per heavy atom. The van der Waals surface area contributed by atoms with Crippen LogP contribution >= 0.6 is 0 Å². The molecule has 2 saturated heterocycles. The van der Waals surface area contributed by atoms with Gasteiger partial charge in [-0.15, -0.1) is 0 Å². The highest BCUT2D eigenvalue weighted by Crippen LogP contribution is 2.26. The molecule has 3 heterocycles. The van der Waals surface area contributed by atoms with Crippen molar-refractivity contribution in [2.75, 3.05) is 19.6 Å². The fourth-order valence-electron chi connectivity index (χ4n) is 4.21. The maximum Gasteiger partial charge on any atom is 0.240 e. The van der Waals surface area contributed by atoms with E-state index in [-0.39, 0.29) is 6.04 Å². The molecule has 0 unspecified atom stereocenters. The molecule has 5 heteroatoms. The van der Waals surface area contributed by atoms with Crippen molar-refractivity contribution < 1.29 is 4.79 Å². The topological polar surface area (TPSA) is 41.4 Å². The Kier molecular flexibility index (Phi) is 4.83. The van der Waals surface area contributed by atoms with Crippen LogP contribution in [-0.2, 0) is 11.3 Å². The Balaban J connectivity index is 1.42. The number of likely N-dealkylation sites (tertiary alicyclic amines) is 2. The molecular weight excluding hydrogens is 312 g/mol. The van der Waals surface area contributed by atoms with E-state index in [0.29, 0.717) is 11.9 Å². The van der Waals surface area contributed by atoms with E-state index in [1.165, 1.54) is 5.56 Å². The number of benzene rings is 1. The lowest BCUT2D eigenvalue weighted by atomic mass is 10.0. The largest absolute Gasteiger partial charge is 0.339 e. The summed E-state index contributed by atoms with van der Waals surface area (Å²) in [6.07, 6.45) is 9.99. The third-order valence-electron chi connectivity index (χ3n) is 5.53. The Morgan fingerprint density at radius 1 is 1.12 bits per heavy atom. The summed E-state index contributed by atoms with van der Waals surface area (Å²) >= 11 is 0. The van der Waals surface area contributed by atoms with Gasteiger partial charge in [-0.3, -0.25) is 9.69 Å². The van der Waals surface area contributed by atoms with Crippen LogP contribution < -0.4 is 0 Å². The first-order chi connectivity index (χ1) is 12.3. The minimum absolute atomic E-state index is 0.0433. The minimum Gasteiger partial charge on any atom is -0.339 e. The van der Waals surface area contributed by atoms with Gasteiger partial charge in [0.1, 0.15) is 0 Å². The van der Waals surface area contributed by atoms with Crippen molar-refractivity contribution >= 4 is 5.91 Å². The monoisotopic (exact) mass is 338 g/mol. The van der Waals surface area contributed by atoms with Crippen molar-refractivity contribution in [1.82, 2.24) is 19.4 Å². The molecule has 2 atom stereocenters. The molecule has 0 bridgehead atoms. The van der Waals surface area contributed by atoms with Gasteiger partial charge in [0.2, 0.25) is 5.91 Å². The van der Waals surface area contributed by atoms with E-state index >= 15 is 0 Å². The van der Waals surface area contributed by atoms with E-state index in [9.17, 15) is 4.79 Å². The quantitative estimate of drug-likeness (QED) is 0.861. The number of carbonyl (C=O) groups excluding carboxylic acids is 1. The molecule has 2 fully saturated rings. The molecule has 1 amide bonds. The summed E-state index contributed by atoms with van der Waals surface area (Å²) in [7, 11) is 0. The van der Waals surface area contributed by atoms with Crippen molar-refractivity contribution in [3.63, 3.8) is 0 Å². The molecule has 0 spiro atoms. The van der Waals surface area contributed by atoms with Gasteiger partial charge < -0.3 is 9.47 Å². The third-order valence-corrected chi connectivity index (χ3v) is 5.53. The van der Waals surface area contributed by atoms with Crippen LogP contribution in [0.2, 0.25) is 0 Å². The second-order valence-corrected chi connectivity index (χ2v) is 7.20. The maximum absolute atomic E-state index is 13.2. The molecule has 25 heavy (non-hydrogen) atoms. The summed E-state index contributed by atoms with van der Waals surface area (Å²) in [5.41, 5.74) is 1.29. The van der Waals surface area contributed by atoms with Crippen LogP contribution in [-0.4, -0.2) is 50.9 Å². The molecule has 0 aliphatic carbocycles. The van der Waals surface area contributed by atoms with E-state index in [4.69, 9.17) is 0 Å². The molecule has 2 aliphatic heterocycles. The lowest BCUT2D eigenvalue weighted by Gasteiger charge is -2.36. The molecule has 1 aromatic carbocycles. The molecule has 2 aromatic rings. The molecule has 0 saturated carbocycles. The lowest BCUT2D eigenvalue weighted by Crippen LogP contribution is -2.49.